The van der Waals surface area contributed by atoms with Gasteiger partial charge in [-0.05, 0) is 79.8 Å². The van der Waals surface area contributed by atoms with Gasteiger partial charge in [-0.15, -0.1) is 0 Å². The van der Waals surface area contributed by atoms with Crippen LogP contribution in [0.2, 0.25) is 10.0 Å². The second kappa shape index (κ2) is 11.7. The Kier molecular flexibility index (Phi) is 8.31. The predicted octanol–water partition coefficient (Wildman–Crippen LogP) is 6.53. The first-order valence-electron chi connectivity index (χ1n) is 13.2. The quantitative estimate of drug-likeness (QED) is 0.330. The molecule has 0 amide bonds. The largest absolute Gasteiger partial charge is 0.483 e. The summed E-state index contributed by atoms with van der Waals surface area (Å²) in [4.78, 5) is 18.0. The molecule has 7 nitrogen and oxygen atoms in total. The molecule has 1 aromatic heterocycles. The van der Waals surface area contributed by atoms with Crippen LogP contribution in [0.1, 0.15) is 38.2 Å². The number of hydrogen-bond acceptors (Lipinski definition) is 6. The van der Waals surface area contributed by atoms with Crippen LogP contribution in [-0.2, 0) is 11.3 Å². The molecule has 1 atom stereocenters. The monoisotopic (exact) mass is 562 g/mol. The average Bonchev–Trinajstić information content (AvgIpc) is 3.26. The summed E-state index contributed by atoms with van der Waals surface area (Å²) in [6.07, 6.45) is 5.35. The number of hydrogen-bond donors (Lipinski definition) is 2. The third kappa shape index (κ3) is 5.72. The second-order valence-electron chi connectivity index (χ2n) is 10.8. The van der Waals surface area contributed by atoms with E-state index in [9.17, 15) is 4.39 Å². The minimum atomic E-state index is -0.376. The number of likely N-dealkylation sites (tertiary alicyclic amines) is 1. The lowest BCUT2D eigenvalue weighted by Gasteiger charge is -2.50. The van der Waals surface area contributed by atoms with Gasteiger partial charge in [0.2, 0.25) is 0 Å². The SMILES string of the molecule is CC1CC(N2CCCC(C3CN(c4nc5ccc(F)c(NCc6ccc(Cl)cc6Cl)c5o4)C3)C2)C1.O=CO. The van der Waals surface area contributed by atoms with E-state index in [1.54, 1.807) is 18.2 Å². The van der Waals surface area contributed by atoms with E-state index in [1.807, 2.05) is 6.07 Å². The van der Waals surface area contributed by atoms with E-state index in [2.05, 4.69) is 27.0 Å². The number of aromatic nitrogens is 1. The minimum Gasteiger partial charge on any atom is -0.483 e. The van der Waals surface area contributed by atoms with E-state index >= 15 is 0 Å². The number of carbonyl (C=O) groups is 1. The molecule has 2 saturated heterocycles. The summed E-state index contributed by atoms with van der Waals surface area (Å²) in [6, 6.07) is 9.78. The first kappa shape index (κ1) is 27.0. The highest BCUT2D eigenvalue weighted by Crippen LogP contribution is 2.39. The van der Waals surface area contributed by atoms with Gasteiger partial charge in [0, 0.05) is 42.3 Å². The van der Waals surface area contributed by atoms with Crippen LogP contribution in [0.25, 0.3) is 11.1 Å². The molecular formula is C28H33Cl2FN4O3. The normalized spacial score (nSPS) is 23.8. The number of benzene rings is 2. The van der Waals surface area contributed by atoms with Crippen LogP contribution in [0, 0.1) is 23.6 Å². The van der Waals surface area contributed by atoms with Crippen molar-refractivity contribution in [2.45, 2.75) is 45.2 Å². The van der Waals surface area contributed by atoms with Crippen molar-refractivity contribution >= 4 is 52.5 Å². The predicted molar refractivity (Wildman–Crippen MR) is 149 cm³/mol. The summed E-state index contributed by atoms with van der Waals surface area (Å²) in [5.74, 6) is 1.94. The molecule has 3 fully saturated rings. The Labute approximate surface area is 231 Å². The number of nitrogens with zero attached hydrogens (tertiary/aromatic N) is 3. The maximum atomic E-state index is 14.7. The summed E-state index contributed by atoms with van der Waals surface area (Å²) in [5.41, 5.74) is 2.23. The van der Waals surface area contributed by atoms with Crippen molar-refractivity contribution in [3.8, 4) is 0 Å². The van der Waals surface area contributed by atoms with Crippen molar-refractivity contribution < 1.29 is 18.7 Å². The van der Waals surface area contributed by atoms with Crippen LogP contribution in [0.3, 0.4) is 0 Å². The molecule has 10 heteroatoms. The van der Waals surface area contributed by atoms with Crippen molar-refractivity contribution in [1.82, 2.24) is 9.88 Å². The number of rotatable bonds is 6. The molecule has 1 aliphatic carbocycles. The van der Waals surface area contributed by atoms with Crippen molar-refractivity contribution in [3.63, 3.8) is 0 Å². The number of carboxylic acid groups (broad SMARTS) is 1. The van der Waals surface area contributed by atoms with Gasteiger partial charge >= 0.3 is 0 Å². The van der Waals surface area contributed by atoms with E-state index < -0.39 is 0 Å². The number of fused-ring (bicyclic) bond motifs is 1. The third-order valence-corrected chi connectivity index (χ3v) is 8.75. The lowest BCUT2D eigenvalue weighted by atomic mass is 9.76. The Hall–Kier alpha value is -2.55. The number of oxazole rings is 1. The molecule has 3 aliphatic rings. The fraction of sp³-hybridized carbons (Fsp3) is 0.500. The molecule has 3 heterocycles. The van der Waals surface area contributed by atoms with Crippen molar-refractivity contribution in [3.05, 3.63) is 51.8 Å². The van der Waals surface area contributed by atoms with Crippen molar-refractivity contribution in [2.75, 3.05) is 36.4 Å². The molecular weight excluding hydrogens is 530 g/mol. The molecule has 3 aromatic rings. The van der Waals surface area contributed by atoms with Crippen molar-refractivity contribution in [1.29, 1.82) is 0 Å². The molecule has 0 radical (unpaired) electrons. The van der Waals surface area contributed by atoms with Crippen LogP contribution in [0.4, 0.5) is 16.1 Å². The summed E-state index contributed by atoms with van der Waals surface area (Å²) in [7, 11) is 0. The zero-order valence-corrected chi connectivity index (χ0v) is 22.9. The number of piperidine rings is 1. The molecule has 1 unspecified atom stereocenters. The Balaban J connectivity index is 0.000000937. The van der Waals surface area contributed by atoms with Crippen LogP contribution >= 0.6 is 23.2 Å². The average molecular weight is 564 g/mol. The Morgan fingerprint density at radius 2 is 1.95 bits per heavy atom. The summed E-state index contributed by atoms with van der Waals surface area (Å²) >= 11 is 12.3. The van der Waals surface area contributed by atoms with Crippen LogP contribution in [-0.4, -0.2) is 53.7 Å². The summed E-state index contributed by atoms with van der Waals surface area (Å²) < 4.78 is 20.8. The molecule has 38 heavy (non-hydrogen) atoms. The lowest BCUT2D eigenvalue weighted by Crippen LogP contribution is -2.56. The first-order chi connectivity index (χ1) is 18.4. The van der Waals surface area contributed by atoms with Crippen molar-refractivity contribution in [2.24, 2.45) is 17.8 Å². The fourth-order valence-electron chi connectivity index (χ4n) is 5.99. The van der Waals surface area contributed by atoms with E-state index in [0.29, 0.717) is 45.3 Å². The smallest absolute Gasteiger partial charge is 0.298 e. The number of halogens is 3. The third-order valence-electron chi connectivity index (χ3n) is 8.17. The molecule has 204 valence electrons. The van der Waals surface area contributed by atoms with Gasteiger partial charge in [-0.3, -0.25) is 4.79 Å². The highest BCUT2D eigenvalue weighted by Gasteiger charge is 2.40. The second-order valence-corrected chi connectivity index (χ2v) is 11.6. The Morgan fingerprint density at radius 1 is 1.18 bits per heavy atom. The van der Waals surface area contributed by atoms with Gasteiger partial charge in [0.05, 0.1) is 0 Å². The highest BCUT2D eigenvalue weighted by atomic mass is 35.5. The van der Waals surface area contributed by atoms with Gasteiger partial charge < -0.3 is 24.6 Å². The van der Waals surface area contributed by atoms with Gasteiger partial charge in [-0.2, -0.15) is 4.98 Å². The molecule has 2 aliphatic heterocycles. The zero-order valence-electron chi connectivity index (χ0n) is 21.4. The van der Waals surface area contributed by atoms with E-state index in [0.717, 1.165) is 36.5 Å². The Morgan fingerprint density at radius 3 is 2.66 bits per heavy atom. The Bertz CT molecular complexity index is 1280. The maximum absolute atomic E-state index is 14.7. The van der Waals surface area contributed by atoms with E-state index in [1.165, 1.54) is 44.8 Å². The molecule has 1 saturated carbocycles. The van der Waals surface area contributed by atoms with Crippen LogP contribution < -0.4 is 10.2 Å². The molecule has 2 N–H and O–H groups in total. The highest BCUT2D eigenvalue weighted by molar-refractivity contribution is 6.35. The zero-order chi connectivity index (χ0) is 26.8. The standard InChI is InChI=1S/C27H31Cl2FN4O.CH2O2/c1-16-9-21(10-16)33-8-2-3-18(13-33)19-14-34(15-19)27-32-24-7-6-23(30)25(26(24)35-27)31-12-17-4-5-20(28)11-22(17)29;2-1-3/h4-7,11,16,18-19,21,31H,2-3,8-10,12-15H2,1H3;1H,(H,2,3). The number of anilines is 2. The van der Waals surface area contributed by atoms with Crippen LogP contribution in [0.15, 0.2) is 34.7 Å². The lowest BCUT2D eigenvalue weighted by molar-refractivity contribution is -0.122. The van der Waals surface area contributed by atoms with Gasteiger partial charge in [0.1, 0.15) is 17.0 Å². The molecule has 6 rings (SSSR count). The fourth-order valence-corrected chi connectivity index (χ4v) is 6.46. The van der Waals surface area contributed by atoms with Gasteiger partial charge in [-0.1, -0.05) is 36.2 Å². The number of nitrogens with one attached hydrogen (secondary N) is 1. The molecule has 0 bridgehead atoms. The minimum absolute atomic E-state index is 0.250. The van der Waals surface area contributed by atoms with E-state index in [4.69, 9.17) is 37.5 Å². The van der Waals surface area contributed by atoms with Crippen LogP contribution in [0.5, 0.6) is 0 Å². The molecule has 0 spiro atoms. The molecule has 2 aromatic carbocycles. The van der Waals surface area contributed by atoms with E-state index in [-0.39, 0.29) is 12.3 Å². The topological polar surface area (TPSA) is 81.8 Å². The van der Waals surface area contributed by atoms with Gasteiger partial charge in [-0.25, -0.2) is 4.39 Å². The summed E-state index contributed by atoms with van der Waals surface area (Å²) in [5, 5.41) is 11.1. The first-order valence-corrected chi connectivity index (χ1v) is 14.0. The van der Waals surface area contributed by atoms with Gasteiger partial charge in [0.15, 0.2) is 5.58 Å². The van der Waals surface area contributed by atoms with Gasteiger partial charge in [0.25, 0.3) is 12.5 Å². The summed E-state index contributed by atoms with van der Waals surface area (Å²) in [6.45, 7) is 6.87. The maximum Gasteiger partial charge on any atom is 0.298 e.